The van der Waals surface area contributed by atoms with Crippen molar-refractivity contribution in [2.24, 2.45) is 5.16 Å². The predicted molar refractivity (Wildman–Crippen MR) is 119 cm³/mol. The van der Waals surface area contributed by atoms with Gasteiger partial charge in [-0.1, -0.05) is 35.0 Å². The molecule has 3 rings (SSSR count). The second-order valence-corrected chi connectivity index (χ2v) is 7.61. The molecule has 0 aliphatic heterocycles. The van der Waals surface area contributed by atoms with Crippen LogP contribution in [0.1, 0.15) is 41.5 Å². The van der Waals surface area contributed by atoms with Gasteiger partial charge in [-0.25, -0.2) is 4.39 Å². The highest BCUT2D eigenvalue weighted by atomic mass is 35.5. The molecule has 0 radical (unpaired) electrons. The molecule has 3 N–H and O–H groups in total. The molecule has 3 aromatic rings. The Labute approximate surface area is 183 Å². The molecule has 0 spiro atoms. The van der Waals surface area contributed by atoms with Crippen LogP contribution in [0.15, 0.2) is 64.7 Å². The van der Waals surface area contributed by atoms with Gasteiger partial charge in [0.2, 0.25) is 5.91 Å². The summed E-state index contributed by atoms with van der Waals surface area (Å²) in [5.74, 6) is -1.28. The molecule has 1 heterocycles. The van der Waals surface area contributed by atoms with E-state index < -0.39 is 11.7 Å². The quantitative estimate of drug-likeness (QED) is 0.290. The number of carbonyl (C=O) groups is 1. The number of H-pyrrole nitrogens is 1. The molecule has 0 saturated heterocycles. The number of carbonyl (C=O) groups excluding carboxylic acids is 1. The van der Waals surface area contributed by atoms with Crippen molar-refractivity contribution in [3.8, 4) is 0 Å². The Bertz CT molecular complexity index is 1210. The minimum absolute atomic E-state index is 0.129. The first kappa shape index (κ1) is 22.2. The molecule has 1 unspecified atom stereocenters. The molecule has 0 saturated carbocycles. The van der Waals surface area contributed by atoms with E-state index in [0.29, 0.717) is 27.9 Å². The number of hydrogen-bond donors (Lipinski definition) is 3. The number of rotatable bonds is 6. The molecule has 0 fully saturated rings. The molecule has 1 aromatic heterocycles. The summed E-state index contributed by atoms with van der Waals surface area (Å²) in [4.78, 5) is 25.8. The average Bonchev–Trinajstić information content (AvgIpc) is 2.71. The Balaban J connectivity index is 2.08. The number of aryl methyl sites for hydroxylation is 1. The summed E-state index contributed by atoms with van der Waals surface area (Å²) >= 11 is 5.93. The van der Waals surface area contributed by atoms with Crippen LogP contribution in [0.4, 0.5) is 10.1 Å². The van der Waals surface area contributed by atoms with E-state index >= 15 is 0 Å². The van der Waals surface area contributed by atoms with Crippen LogP contribution in [0.3, 0.4) is 0 Å². The third-order valence-corrected chi connectivity index (χ3v) is 5.12. The van der Waals surface area contributed by atoms with E-state index in [1.165, 1.54) is 19.2 Å². The molecule has 160 valence electrons. The van der Waals surface area contributed by atoms with E-state index in [4.69, 9.17) is 11.6 Å². The maximum absolute atomic E-state index is 14.9. The van der Waals surface area contributed by atoms with Gasteiger partial charge in [0.05, 0.1) is 5.71 Å². The van der Waals surface area contributed by atoms with Crippen molar-refractivity contribution in [3.05, 3.63) is 98.2 Å². The zero-order valence-electron chi connectivity index (χ0n) is 16.9. The molecule has 0 aliphatic rings. The predicted octanol–water partition coefficient (Wildman–Crippen LogP) is 4.83. The minimum atomic E-state index is -0.552. The Morgan fingerprint density at radius 1 is 1.26 bits per heavy atom. The van der Waals surface area contributed by atoms with Crippen LogP contribution < -0.4 is 10.9 Å². The number of anilines is 1. The summed E-state index contributed by atoms with van der Waals surface area (Å²) in [5, 5.41) is 16.1. The Kier molecular flexibility index (Phi) is 6.87. The molecule has 0 aliphatic carbocycles. The van der Waals surface area contributed by atoms with Crippen LogP contribution in [-0.4, -0.2) is 21.8 Å². The van der Waals surface area contributed by atoms with Crippen molar-refractivity contribution in [2.75, 3.05) is 5.32 Å². The molecule has 8 heteroatoms. The van der Waals surface area contributed by atoms with Crippen molar-refractivity contribution in [1.29, 1.82) is 0 Å². The number of nitrogens with one attached hydrogen (secondary N) is 2. The summed E-state index contributed by atoms with van der Waals surface area (Å²) < 4.78 is 14.9. The first-order valence-corrected chi connectivity index (χ1v) is 9.89. The lowest BCUT2D eigenvalue weighted by molar-refractivity contribution is -0.114. The molecule has 2 aromatic carbocycles. The number of oxime groups is 1. The number of aromatic nitrogens is 1. The zero-order valence-corrected chi connectivity index (χ0v) is 17.7. The average molecular weight is 442 g/mol. The molecule has 31 heavy (non-hydrogen) atoms. The van der Waals surface area contributed by atoms with Crippen LogP contribution in [-0.2, 0) is 4.79 Å². The first-order valence-electron chi connectivity index (χ1n) is 9.51. The minimum Gasteiger partial charge on any atom is -0.411 e. The monoisotopic (exact) mass is 441 g/mol. The molecular formula is C23H21ClFN3O3. The summed E-state index contributed by atoms with van der Waals surface area (Å²) in [6.07, 6.45) is 1.58. The smallest absolute Gasteiger partial charge is 0.250 e. The maximum atomic E-state index is 14.9. The standard InChI is InChI=1S/C23H21ClFN3O3/c1-13-8-16(12-26-23(13)30)22(28-31)11-20(19-7-6-17(24)10-21(19)25)15-4-3-5-18(9-15)27-14(2)29/h3-10,12,20,31H,11H2,1-2H3,(H,26,30)(H,27,29)/b28-22+. The van der Waals surface area contributed by atoms with E-state index in [9.17, 15) is 19.2 Å². The van der Waals surface area contributed by atoms with Crippen molar-refractivity contribution < 1.29 is 14.4 Å². The van der Waals surface area contributed by atoms with Crippen LogP contribution in [0.5, 0.6) is 0 Å². The summed E-state index contributed by atoms with van der Waals surface area (Å²) in [6, 6.07) is 13.0. The van der Waals surface area contributed by atoms with Gasteiger partial charge in [0.25, 0.3) is 5.56 Å². The second kappa shape index (κ2) is 9.57. The number of nitrogens with zero attached hydrogens (tertiary/aromatic N) is 1. The Morgan fingerprint density at radius 3 is 2.68 bits per heavy atom. The van der Waals surface area contributed by atoms with E-state index in [2.05, 4.69) is 15.5 Å². The van der Waals surface area contributed by atoms with Gasteiger partial charge >= 0.3 is 0 Å². The zero-order chi connectivity index (χ0) is 22.5. The number of aromatic amines is 1. The normalized spacial score (nSPS) is 12.5. The number of benzene rings is 2. The van der Waals surface area contributed by atoms with Gasteiger partial charge in [-0.05, 0) is 48.4 Å². The van der Waals surface area contributed by atoms with Crippen molar-refractivity contribution in [1.82, 2.24) is 4.98 Å². The lowest BCUT2D eigenvalue weighted by Gasteiger charge is -2.20. The fraction of sp³-hybridized carbons (Fsp3) is 0.174. The van der Waals surface area contributed by atoms with Gasteiger partial charge in [-0.3, -0.25) is 9.59 Å². The van der Waals surface area contributed by atoms with Crippen molar-refractivity contribution in [2.45, 2.75) is 26.2 Å². The van der Waals surface area contributed by atoms with Gasteiger partial charge in [-0.15, -0.1) is 0 Å². The van der Waals surface area contributed by atoms with Crippen LogP contribution >= 0.6 is 11.6 Å². The van der Waals surface area contributed by atoms with Crippen molar-refractivity contribution >= 4 is 28.9 Å². The highest BCUT2D eigenvalue weighted by Gasteiger charge is 2.23. The summed E-state index contributed by atoms with van der Waals surface area (Å²) in [5.41, 5.74) is 2.61. The fourth-order valence-corrected chi connectivity index (χ4v) is 3.56. The highest BCUT2D eigenvalue weighted by molar-refractivity contribution is 6.30. The van der Waals surface area contributed by atoms with Gasteiger partial charge in [-0.2, -0.15) is 0 Å². The SMILES string of the molecule is CC(=O)Nc1cccc(C(C/C(=N\O)c2c[nH]c(=O)c(C)c2)c2ccc(Cl)cc2F)c1. The van der Waals surface area contributed by atoms with Crippen LogP contribution in [0, 0.1) is 12.7 Å². The Hall–Kier alpha value is -3.45. The number of pyridine rings is 1. The number of amides is 1. The van der Waals surface area contributed by atoms with Crippen molar-refractivity contribution in [3.63, 3.8) is 0 Å². The van der Waals surface area contributed by atoms with E-state index in [-0.39, 0.29) is 28.6 Å². The molecule has 0 bridgehead atoms. The summed E-state index contributed by atoms with van der Waals surface area (Å²) in [6.45, 7) is 3.04. The summed E-state index contributed by atoms with van der Waals surface area (Å²) in [7, 11) is 0. The van der Waals surface area contributed by atoms with Gasteiger partial charge in [0.1, 0.15) is 5.82 Å². The van der Waals surface area contributed by atoms with Crippen LogP contribution in [0.25, 0.3) is 0 Å². The molecule has 1 amide bonds. The number of halogens is 2. The van der Waals surface area contributed by atoms with Crippen LogP contribution in [0.2, 0.25) is 5.02 Å². The third-order valence-electron chi connectivity index (χ3n) is 4.89. The lowest BCUT2D eigenvalue weighted by Crippen LogP contribution is -2.16. The van der Waals surface area contributed by atoms with E-state index in [1.807, 2.05) is 0 Å². The number of hydrogen-bond acceptors (Lipinski definition) is 4. The third kappa shape index (κ3) is 5.38. The second-order valence-electron chi connectivity index (χ2n) is 7.18. The van der Waals surface area contributed by atoms with Gasteiger partial charge < -0.3 is 15.5 Å². The van der Waals surface area contributed by atoms with Gasteiger partial charge in [0, 0.05) is 47.3 Å². The Morgan fingerprint density at radius 2 is 2.03 bits per heavy atom. The van der Waals surface area contributed by atoms with Gasteiger partial charge in [0.15, 0.2) is 0 Å². The topological polar surface area (TPSA) is 94.5 Å². The van der Waals surface area contributed by atoms with E-state index in [1.54, 1.807) is 49.4 Å². The molecular weight excluding hydrogens is 421 g/mol. The largest absolute Gasteiger partial charge is 0.411 e. The first-order chi connectivity index (χ1) is 14.8. The van der Waals surface area contributed by atoms with E-state index in [0.717, 1.165) is 0 Å². The highest BCUT2D eigenvalue weighted by Crippen LogP contribution is 2.33. The molecule has 6 nitrogen and oxygen atoms in total. The maximum Gasteiger partial charge on any atom is 0.250 e. The fourth-order valence-electron chi connectivity index (χ4n) is 3.40. The molecule has 1 atom stereocenters. The lowest BCUT2D eigenvalue weighted by atomic mass is 9.85.